The summed E-state index contributed by atoms with van der Waals surface area (Å²) in [6, 6.07) is 4.29. The summed E-state index contributed by atoms with van der Waals surface area (Å²) >= 11 is 3.22. The smallest absolute Gasteiger partial charge is 0.271 e. The molecule has 0 aromatic heterocycles. The number of amides is 1. The predicted octanol–water partition coefficient (Wildman–Crippen LogP) is 2.12. The molecule has 0 aliphatic carbocycles. The Hall–Kier alpha value is -0.980. The Kier molecular flexibility index (Phi) is 5.54. The zero-order chi connectivity index (χ0) is 12.8. The van der Waals surface area contributed by atoms with E-state index in [4.69, 9.17) is 9.57 Å². The fourth-order valence-electron chi connectivity index (χ4n) is 1.08. The number of nitrogens with zero attached hydrogens (tertiary/aromatic N) is 1. The van der Waals surface area contributed by atoms with E-state index in [-0.39, 0.29) is 24.9 Å². The molecule has 0 unspecified atom stereocenters. The number of likely N-dealkylation sites (N-methyl/N-ethyl adjacent to an activating group) is 1. The Bertz CT molecular complexity index is 400. The number of hydrogen-bond donors (Lipinski definition) is 0. The third-order valence-electron chi connectivity index (χ3n) is 2.12. The van der Waals surface area contributed by atoms with Crippen LogP contribution in [-0.2, 0) is 21.0 Å². The first kappa shape index (κ1) is 14.1. The van der Waals surface area contributed by atoms with E-state index in [0.29, 0.717) is 4.47 Å². The lowest BCUT2D eigenvalue weighted by atomic mass is 10.2. The van der Waals surface area contributed by atoms with Crippen LogP contribution in [0.1, 0.15) is 5.56 Å². The Labute approximate surface area is 107 Å². The van der Waals surface area contributed by atoms with Crippen LogP contribution in [0, 0.1) is 5.82 Å². The van der Waals surface area contributed by atoms with Gasteiger partial charge in [0.2, 0.25) is 0 Å². The number of ether oxygens (including phenoxy) is 1. The molecule has 0 fully saturated rings. The van der Waals surface area contributed by atoms with E-state index in [2.05, 4.69) is 15.9 Å². The topological polar surface area (TPSA) is 38.8 Å². The van der Waals surface area contributed by atoms with Gasteiger partial charge in [-0.2, -0.15) is 0 Å². The van der Waals surface area contributed by atoms with Crippen LogP contribution in [-0.4, -0.2) is 31.7 Å². The Morgan fingerprint density at radius 2 is 2.24 bits per heavy atom. The van der Waals surface area contributed by atoms with Crippen LogP contribution < -0.4 is 0 Å². The van der Waals surface area contributed by atoms with Crippen molar-refractivity contribution in [2.75, 3.05) is 20.8 Å². The van der Waals surface area contributed by atoms with Gasteiger partial charge in [0.1, 0.15) is 12.4 Å². The largest absolute Gasteiger partial charge is 0.367 e. The third kappa shape index (κ3) is 4.41. The second kappa shape index (κ2) is 6.68. The summed E-state index contributed by atoms with van der Waals surface area (Å²) in [7, 11) is 2.90. The summed E-state index contributed by atoms with van der Waals surface area (Å²) in [5.41, 5.74) is 0.777. The Balaban J connectivity index is 2.43. The molecule has 0 spiro atoms. The minimum atomic E-state index is -0.323. The quantitative estimate of drug-likeness (QED) is 0.782. The molecule has 0 radical (unpaired) electrons. The normalized spacial score (nSPS) is 10.4. The van der Waals surface area contributed by atoms with Gasteiger partial charge in [-0.1, -0.05) is 22.0 Å². The van der Waals surface area contributed by atoms with Gasteiger partial charge >= 0.3 is 0 Å². The first-order chi connectivity index (χ1) is 8.04. The van der Waals surface area contributed by atoms with E-state index in [1.807, 2.05) is 0 Å². The van der Waals surface area contributed by atoms with Crippen molar-refractivity contribution in [3.63, 3.8) is 0 Å². The summed E-state index contributed by atoms with van der Waals surface area (Å²) in [6.07, 6.45) is 0. The summed E-state index contributed by atoms with van der Waals surface area (Å²) < 4.78 is 18.6. The average Bonchev–Trinajstić information content (AvgIpc) is 2.30. The molecule has 0 saturated heterocycles. The van der Waals surface area contributed by atoms with E-state index in [0.717, 1.165) is 10.6 Å². The molecule has 94 valence electrons. The average molecular weight is 306 g/mol. The van der Waals surface area contributed by atoms with Crippen molar-refractivity contribution >= 4 is 21.8 Å². The molecule has 0 N–H and O–H groups in total. The molecule has 1 rings (SSSR count). The van der Waals surface area contributed by atoms with Crippen molar-refractivity contribution in [3.05, 3.63) is 34.1 Å². The number of carbonyl (C=O) groups excluding carboxylic acids is 1. The van der Waals surface area contributed by atoms with Gasteiger partial charge in [-0.05, 0) is 17.7 Å². The van der Waals surface area contributed by atoms with Crippen LogP contribution in [0.4, 0.5) is 4.39 Å². The van der Waals surface area contributed by atoms with Gasteiger partial charge in [-0.15, -0.1) is 0 Å². The lowest BCUT2D eigenvalue weighted by Crippen LogP contribution is -2.29. The molecule has 0 heterocycles. The van der Waals surface area contributed by atoms with E-state index < -0.39 is 0 Å². The van der Waals surface area contributed by atoms with Crippen molar-refractivity contribution in [1.82, 2.24) is 5.06 Å². The number of hydrogen-bond acceptors (Lipinski definition) is 3. The lowest BCUT2D eigenvalue weighted by Gasteiger charge is -2.13. The van der Waals surface area contributed by atoms with Crippen LogP contribution in [0.25, 0.3) is 0 Å². The van der Waals surface area contributed by atoms with Gasteiger partial charge in [-0.3, -0.25) is 9.63 Å². The van der Waals surface area contributed by atoms with E-state index in [9.17, 15) is 9.18 Å². The molecule has 4 nitrogen and oxygen atoms in total. The second-order valence-corrected chi connectivity index (χ2v) is 4.16. The number of halogens is 2. The first-order valence-corrected chi connectivity index (χ1v) is 5.66. The molecule has 0 saturated carbocycles. The van der Waals surface area contributed by atoms with Crippen molar-refractivity contribution in [3.8, 4) is 0 Å². The zero-order valence-electron chi connectivity index (χ0n) is 9.57. The highest BCUT2D eigenvalue weighted by Gasteiger charge is 2.08. The fraction of sp³-hybridized carbons (Fsp3) is 0.364. The predicted molar refractivity (Wildman–Crippen MR) is 63.5 cm³/mol. The van der Waals surface area contributed by atoms with E-state index in [1.165, 1.54) is 26.3 Å². The van der Waals surface area contributed by atoms with Crippen molar-refractivity contribution < 1.29 is 18.8 Å². The maximum absolute atomic E-state index is 12.8. The zero-order valence-corrected chi connectivity index (χ0v) is 11.2. The van der Waals surface area contributed by atoms with Crippen LogP contribution in [0.2, 0.25) is 0 Å². The highest BCUT2D eigenvalue weighted by molar-refractivity contribution is 9.10. The molecular weight excluding hydrogens is 293 g/mol. The van der Waals surface area contributed by atoms with Gasteiger partial charge in [0.05, 0.1) is 13.7 Å². The minimum Gasteiger partial charge on any atom is -0.367 e. The summed E-state index contributed by atoms with van der Waals surface area (Å²) in [4.78, 5) is 16.0. The fourth-order valence-corrected chi connectivity index (χ4v) is 1.55. The van der Waals surface area contributed by atoms with Gasteiger partial charge in [0.15, 0.2) is 0 Å². The highest BCUT2D eigenvalue weighted by Crippen LogP contribution is 2.18. The number of carbonyl (C=O) groups is 1. The van der Waals surface area contributed by atoms with Crippen LogP contribution >= 0.6 is 15.9 Å². The lowest BCUT2D eigenvalue weighted by molar-refractivity contribution is -0.173. The monoisotopic (exact) mass is 305 g/mol. The number of hydroxylamine groups is 2. The maximum atomic E-state index is 12.8. The first-order valence-electron chi connectivity index (χ1n) is 4.87. The Morgan fingerprint density at radius 3 is 2.82 bits per heavy atom. The van der Waals surface area contributed by atoms with Gasteiger partial charge in [0, 0.05) is 11.5 Å². The van der Waals surface area contributed by atoms with Gasteiger partial charge in [0.25, 0.3) is 5.91 Å². The van der Waals surface area contributed by atoms with E-state index in [1.54, 1.807) is 6.07 Å². The molecule has 1 aromatic rings. The third-order valence-corrected chi connectivity index (χ3v) is 2.86. The molecular formula is C11H13BrFNO3. The molecule has 0 bridgehead atoms. The SMILES string of the molecule is CON(C)C(=O)COCc1ccc(F)cc1Br. The van der Waals surface area contributed by atoms with Crippen molar-refractivity contribution in [2.45, 2.75) is 6.61 Å². The second-order valence-electron chi connectivity index (χ2n) is 3.30. The molecule has 17 heavy (non-hydrogen) atoms. The molecule has 0 aliphatic rings. The minimum absolute atomic E-state index is 0.0891. The van der Waals surface area contributed by atoms with Crippen LogP contribution in [0.5, 0.6) is 0 Å². The number of benzene rings is 1. The maximum Gasteiger partial charge on any atom is 0.271 e. The standard InChI is InChI=1S/C11H13BrFNO3/c1-14(16-2)11(15)7-17-6-8-3-4-9(13)5-10(8)12/h3-5H,6-7H2,1-2H3. The van der Waals surface area contributed by atoms with Crippen LogP contribution in [0.15, 0.2) is 22.7 Å². The molecule has 6 heteroatoms. The summed E-state index contributed by atoms with van der Waals surface area (Å²) in [5, 5.41) is 1.08. The molecule has 0 atom stereocenters. The van der Waals surface area contributed by atoms with Gasteiger partial charge < -0.3 is 4.74 Å². The van der Waals surface area contributed by atoms with E-state index >= 15 is 0 Å². The molecule has 1 aromatic carbocycles. The Morgan fingerprint density at radius 1 is 1.53 bits per heavy atom. The molecule has 0 aliphatic heterocycles. The highest BCUT2D eigenvalue weighted by atomic mass is 79.9. The summed E-state index contributed by atoms with van der Waals surface area (Å²) in [6.45, 7) is 0.137. The molecule has 1 amide bonds. The van der Waals surface area contributed by atoms with Crippen LogP contribution in [0.3, 0.4) is 0 Å². The summed E-state index contributed by atoms with van der Waals surface area (Å²) in [5.74, 6) is -0.610. The number of rotatable bonds is 5. The van der Waals surface area contributed by atoms with Crippen molar-refractivity contribution in [2.24, 2.45) is 0 Å². The van der Waals surface area contributed by atoms with Gasteiger partial charge in [-0.25, -0.2) is 9.45 Å². The van der Waals surface area contributed by atoms with Crippen molar-refractivity contribution in [1.29, 1.82) is 0 Å².